The molecule has 3 nitrogen and oxygen atoms in total. The lowest BCUT2D eigenvalue weighted by Gasteiger charge is -2.34. The van der Waals surface area contributed by atoms with Gasteiger partial charge in [0.2, 0.25) is 5.91 Å². The Balaban J connectivity index is 1.98. The van der Waals surface area contributed by atoms with Crippen molar-refractivity contribution in [2.24, 2.45) is 11.8 Å². The fraction of sp³-hybridized carbons (Fsp3) is 0.929. The van der Waals surface area contributed by atoms with Gasteiger partial charge in [0.15, 0.2) is 0 Å². The molecule has 2 rings (SSSR count). The third-order valence-electron chi connectivity index (χ3n) is 4.32. The van der Waals surface area contributed by atoms with Crippen molar-refractivity contribution in [3.05, 3.63) is 0 Å². The molecule has 0 spiro atoms. The molecule has 0 aromatic rings. The van der Waals surface area contributed by atoms with Crippen LogP contribution in [-0.4, -0.2) is 36.0 Å². The number of nitrogens with one attached hydrogen (secondary N) is 1. The molecule has 0 aromatic carbocycles. The first-order valence-corrected chi connectivity index (χ1v) is 7.13. The molecule has 2 aliphatic heterocycles. The second-order valence-corrected chi connectivity index (χ2v) is 6.06. The van der Waals surface area contributed by atoms with Gasteiger partial charge in [-0.25, -0.2) is 0 Å². The summed E-state index contributed by atoms with van der Waals surface area (Å²) >= 11 is 0. The van der Waals surface area contributed by atoms with Crippen LogP contribution < -0.4 is 5.32 Å². The molecule has 98 valence electrons. The van der Waals surface area contributed by atoms with Crippen molar-refractivity contribution in [1.29, 1.82) is 0 Å². The Morgan fingerprint density at radius 2 is 2.12 bits per heavy atom. The Labute approximate surface area is 105 Å². The first-order valence-electron chi connectivity index (χ1n) is 7.13. The summed E-state index contributed by atoms with van der Waals surface area (Å²) in [7, 11) is 0. The molecule has 17 heavy (non-hydrogen) atoms. The Morgan fingerprint density at radius 1 is 1.35 bits per heavy atom. The number of rotatable bonds is 2. The van der Waals surface area contributed by atoms with Crippen LogP contribution in [0.15, 0.2) is 0 Å². The van der Waals surface area contributed by atoms with E-state index < -0.39 is 0 Å². The van der Waals surface area contributed by atoms with Gasteiger partial charge in [-0.15, -0.1) is 0 Å². The molecular formula is C14H26N2O. The summed E-state index contributed by atoms with van der Waals surface area (Å²) in [5.74, 6) is 1.29. The molecule has 0 saturated carbocycles. The van der Waals surface area contributed by atoms with Crippen LogP contribution in [0.1, 0.15) is 46.5 Å². The van der Waals surface area contributed by atoms with E-state index in [4.69, 9.17) is 0 Å². The van der Waals surface area contributed by atoms with Crippen molar-refractivity contribution in [2.45, 2.75) is 58.5 Å². The van der Waals surface area contributed by atoms with Gasteiger partial charge in [0.25, 0.3) is 0 Å². The summed E-state index contributed by atoms with van der Waals surface area (Å²) in [5.41, 5.74) is 0. The lowest BCUT2D eigenvalue weighted by Crippen LogP contribution is -2.46. The summed E-state index contributed by atoms with van der Waals surface area (Å²) in [4.78, 5) is 14.7. The van der Waals surface area contributed by atoms with Crippen LogP contribution in [0.25, 0.3) is 0 Å². The number of carbonyl (C=O) groups is 1. The molecule has 0 bridgehead atoms. The van der Waals surface area contributed by atoms with E-state index in [1.54, 1.807) is 0 Å². The average Bonchev–Trinajstić information content (AvgIpc) is 2.77. The van der Waals surface area contributed by atoms with Gasteiger partial charge >= 0.3 is 0 Å². The first-order chi connectivity index (χ1) is 8.09. The SMILES string of the molecule is CC(C)C1CCCN1C(=O)[C@H]1CCN[C@@H](C)C1. The minimum atomic E-state index is 0.269. The topological polar surface area (TPSA) is 32.3 Å². The zero-order valence-corrected chi connectivity index (χ0v) is 11.4. The normalized spacial score (nSPS) is 34.4. The summed E-state index contributed by atoms with van der Waals surface area (Å²) in [5, 5.41) is 3.42. The van der Waals surface area contributed by atoms with Crippen LogP contribution in [0.2, 0.25) is 0 Å². The second-order valence-electron chi connectivity index (χ2n) is 6.06. The minimum absolute atomic E-state index is 0.269. The highest BCUT2D eigenvalue weighted by Gasteiger charge is 2.35. The molecule has 1 unspecified atom stereocenters. The molecule has 0 aromatic heterocycles. The standard InChI is InChI=1S/C14H26N2O/c1-10(2)13-5-4-8-16(13)14(17)12-6-7-15-11(3)9-12/h10-13,15H,4-9H2,1-3H3/t11-,12-,13?/m0/s1. The molecule has 0 radical (unpaired) electrons. The maximum atomic E-state index is 12.6. The number of amides is 1. The van der Waals surface area contributed by atoms with Gasteiger partial charge in [-0.05, 0) is 45.1 Å². The molecule has 3 atom stereocenters. The van der Waals surface area contributed by atoms with Crippen LogP contribution in [0.5, 0.6) is 0 Å². The number of hydrogen-bond acceptors (Lipinski definition) is 2. The van der Waals surface area contributed by atoms with E-state index in [2.05, 4.69) is 31.0 Å². The lowest BCUT2D eigenvalue weighted by atomic mass is 9.91. The molecule has 2 aliphatic rings. The molecular weight excluding hydrogens is 212 g/mol. The Bertz CT molecular complexity index is 277. The smallest absolute Gasteiger partial charge is 0.226 e. The lowest BCUT2D eigenvalue weighted by molar-refractivity contribution is -0.138. The molecule has 1 N–H and O–H groups in total. The van der Waals surface area contributed by atoms with Crippen LogP contribution in [0.3, 0.4) is 0 Å². The van der Waals surface area contributed by atoms with E-state index in [9.17, 15) is 4.79 Å². The molecule has 2 saturated heterocycles. The van der Waals surface area contributed by atoms with Crippen LogP contribution in [-0.2, 0) is 4.79 Å². The van der Waals surface area contributed by atoms with Gasteiger partial charge in [0.05, 0.1) is 0 Å². The highest BCUT2D eigenvalue weighted by Crippen LogP contribution is 2.28. The largest absolute Gasteiger partial charge is 0.339 e. The predicted octanol–water partition coefficient (Wildman–Crippen LogP) is 2.02. The van der Waals surface area contributed by atoms with E-state index in [1.807, 2.05) is 0 Å². The fourth-order valence-electron chi connectivity index (χ4n) is 3.35. The molecule has 0 aliphatic carbocycles. The third kappa shape index (κ3) is 2.82. The monoisotopic (exact) mass is 238 g/mol. The van der Waals surface area contributed by atoms with Gasteiger partial charge in [-0.3, -0.25) is 4.79 Å². The molecule has 2 heterocycles. The zero-order valence-electron chi connectivity index (χ0n) is 11.4. The predicted molar refractivity (Wildman–Crippen MR) is 69.8 cm³/mol. The maximum Gasteiger partial charge on any atom is 0.226 e. The Kier molecular flexibility index (Phi) is 4.08. The average molecular weight is 238 g/mol. The van der Waals surface area contributed by atoms with Gasteiger partial charge in [-0.1, -0.05) is 13.8 Å². The van der Waals surface area contributed by atoms with Gasteiger partial charge in [-0.2, -0.15) is 0 Å². The summed E-state index contributed by atoms with van der Waals surface area (Å²) in [6.45, 7) is 8.64. The van der Waals surface area contributed by atoms with Crippen molar-refractivity contribution in [3.8, 4) is 0 Å². The van der Waals surface area contributed by atoms with Crippen molar-refractivity contribution in [1.82, 2.24) is 10.2 Å². The quantitative estimate of drug-likeness (QED) is 0.798. The Morgan fingerprint density at radius 3 is 2.76 bits per heavy atom. The maximum absolute atomic E-state index is 12.6. The van der Waals surface area contributed by atoms with Crippen molar-refractivity contribution in [2.75, 3.05) is 13.1 Å². The summed E-state index contributed by atoms with van der Waals surface area (Å²) in [6, 6.07) is 0.991. The molecule has 3 heteroatoms. The zero-order chi connectivity index (χ0) is 12.4. The third-order valence-corrected chi connectivity index (χ3v) is 4.32. The van der Waals surface area contributed by atoms with Gasteiger partial charge in [0, 0.05) is 24.5 Å². The number of carbonyl (C=O) groups excluding carboxylic acids is 1. The van der Waals surface area contributed by atoms with E-state index in [0.29, 0.717) is 23.9 Å². The number of hydrogen-bond donors (Lipinski definition) is 1. The van der Waals surface area contributed by atoms with Crippen LogP contribution >= 0.6 is 0 Å². The number of piperidine rings is 1. The van der Waals surface area contributed by atoms with Gasteiger partial charge in [0.1, 0.15) is 0 Å². The summed E-state index contributed by atoms with van der Waals surface area (Å²) < 4.78 is 0. The highest BCUT2D eigenvalue weighted by atomic mass is 16.2. The minimum Gasteiger partial charge on any atom is -0.339 e. The number of likely N-dealkylation sites (tertiary alicyclic amines) is 1. The van der Waals surface area contributed by atoms with E-state index in [1.165, 1.54) is 12.8 Å². The van der Waals surface area contributed by atoms with Crippen molar-refractivity contribution >= 4 is 5.91 Å². The fourth-order valence-corrected chi connectivity index (χ4v) is 3.35. The van der Waals surface area contributed by atoms with E-state index in [-0.39, 0.29) is 5.92 Å². The van der Waals surface area contributed by atoms with Gasteiger partial charge < -0.3 is 10.2 Å². The van der Waals surface area contributed by atoms with Crippen molar-refractivity contribution < 1.29 is 4.79 Å². The van der Waals surface area contributed by atoms with E-state index >= 15 is 0 Å². The van der Waals surface area contributed by atoms with Crippen LogP contribution in [0, 0.1) is 11.8 Å². The second kappa shape index (κ2) is 5.38. The molecule has 2 fully saturated rings. The van der Waals surface area contributed by atoms with Crippen molar-refractivity contribution in [3.63, 3.8) is 0 Å². The molecule has 1 amide bonds. The summed E-state index contributed by atoms with van der Waals surface area (Å²) in [6.07, 6.45) is 4.42. The Hall–Kier alpha value is -0.570. The van der Waals surface area contributed by atoms with Crippen LogP contribution in [0.4, 0.5) is 0 Å². The van der Waals surface area contributed by atoms with E-state index in [0.717, 1.165) is 25.9 Å². The first kappa shape index (κ1) is 12.9. The number of nitrogens with zero attached hydrogens (tertiary/aromatic N) is 1. The highest BCUT2D eigenvalue weighted by molar-refractivity contribution is 5.79.